The molecule has 0 aromatic rings. The second kappa shape index (κ2) is 3.29. The first kappa shape index (κ1) is 8.42. The molecule has 5 heteroatoms. The molecule has 12 heavy (non-hydrogen) atoms. The molecule has 2 fully saturated rings. The summed E-state index contributed by atoms with van der Waals surface area (Å²) >= 11 is 0. The lowest BCUT2D eigenvalue weighted by atomic mass is 10.0. The molecule has 2 aliphatic heterocycles. The molecule has 2 saturated heterocycles. The number of amides is 1. The van der Waals surface area contributed by atoms with Crippen LogP contribution in [0.5, 0.6) is 0 Å². The fraction of sp³-hybridized carbons (Fsp3) is 0.857. The zero-order chi connectivity index (χ0) is 8.55. The van der Waals surface area contributed by atoms with Crippen molar-refractivity contribution in [3.8, 4) is 0 Å². The van der Waals surface area contributed by atoms with Gasteiger partial charge >= 0.3 is 0 Å². The molecule has 2 heterocycles. The predicted octanol–water partition coefficient (Wildman–Crippen LogP) is -1.11. The third-order valence-corrected chi connectivity index (χ3v) is 3.04. The van der Waals surface area contributed by atoms with E-state index in [1.54, 1.807) is 0 Å². The normalized spacial score (nSPS) is 27.8. The maximum Gasteiger partial charge on any atom is 0.207 e. The van der Waals surface area contributed by atoms with Gasteiger partial charge in [-0.25, -0.2) is 0 Å². The molecule has 0 bridgehead atoms. The van der Waals surface area contributed by atoms with Crippen LogP contribution in [0.25, 0.3) is 0 Å². The molecule has 4 nitrogen and oxygen atoms in total. The summed E-state index contributed by atoms with van der Waals surface area (Å²) in [5.41, 5.74) is 0. The maximum absolute atomic E-state index is 10.1. The van der Waals surface area contributed by atoms with E-state index in [1.807, 2.05) is 0 Å². The molecule has 1 amide bonds. The third-order valence-electron chi connectivity index (χ3n) is 2.62. The Labute approximate surface area is 74.5 Å². The molecule has 0 radical (unpaired) electrons. The molecule has 68 valence electrons. The van der Waals surface area contributed by atoms with Crippen LogP contribution < -0.4 is 5.32 Å². The van der Waals surface area contributed by atoms with Crippen LogP contribution in [0, 0.1) is 0 Å². The van der Waals surface area contributed by atoms with Gasteiger partial charge in [-0.1, -0.05) is 9.39 Å². The predicted molar refractivity (Wildman–Crippen MR) is 49.6 cm³/mol. The van der Waals surface area contributed by atoms with E-state index in [9.17, 15) is 4.79 Å². The molecule has 2 rings (SSSR count). The summed E-state index contributed by atoms with van der Waals surface area (Å²) in [4.78, 5) is 12.5. The molecule has 0 aromatic carbocycles. The molecule has 1 N–H and O–H groups in total. The molecule has 0 aliphatic carbocycles. The summed E-state index contributed by atoms with van der Waals surface area (Å²) in [6.07, 6.45) is 0.796. The van der Waals surface area contributed by atoms with Crippen molar-refractivity contribution < 1.29 is 4.79 Å². The van der Waals surface area contributed by atoms with Crippen LogP contribution >= 0.6 is 9.39 Å². The summed E-state index contributed by atoms with van der Waals surface area (Å²) in [7, 11) is 2.70. The van der Waals surface area contributed by atoms with Gasteiger partial charge in [-0.05, 0) is 0 Å². The summed E-state index contributed by atoms with van der Waals surface area (Å²) in [5, 5.41) is 2.79. The minimum atomic E-state index is 0.404. The largest absolute Gasteiger partial charge is 0.353 e. The first-order valence-corrected chi connectivity index (χ1v) is 4.74. The lowest BCUT2D eigenvalue weighted by Gasteiger charge is -2.50. The minimum absolute atomic E-state index is 0.404. The van der Waals surface area contributed by atoms with Gasteiger partial charge in [0.15, 0.2) is 0 Å². The van der Waals surface area contributed by atoms with Gasteiger partial charge in [0.1, 0.15) is 0 Å². The Balaban J connectivity index is 1.65. The van der Waals surface area contributed by atoms with Crippen LogP contribution in [0.1, 0.15) is 0 Å². The van der Waals surface area contributed by atoms with Gasteiger partial charge < -0.3 is 5.32 Å². The van der Waals surface area contributed by atoms with Crippen molar-refractivity contribution >= 4 is 15.8 Å². The van der Waals surface area contributed by atoms with Crippen LogP contribution in [-0.4, -0.2) is 54.2 Å². The molecular formula is C7H14N3OP. The van der Waals surface area contributed by atoms with Gasteiger partial charge in [0.2, 0.25) is 6.41 Å². The van der Waals surface area contributed by atoms with Gasteiger partial charge in [-0.2, -0.15) is 0 Å². The zero-order valence-corrected chi connectivity index (χ0v) is 8.10. The van der Waals surface area contributed by atoms with Gasteiger partial charge in [0.05, 0.1) is 6.04 Å². The number of rotatable bonds is 3. The fourth-order valence-electron chi connectivity index (χ4n) is 1.73. The summed E-state index contributed by atoms with van der Waals surface area (Å²) in [6.45, 7) is 4.36. The van der Waals surface area contributed by atoms with Gasteiger partial charge in [-0.3, -0.25) is 14.4 Å². The van der Waals surface area contributed by atoms with Gasteiger partial charge in [0, 0.05) is 32.2 Å². The van der Waals surface area contributed by atoms with Crippen LogP contribution in [-0.2, 0) is 4.79 Å². The fourth-order valence-corrected chi connectivity index (χ4v) is 2.22. The third kappa shape index (κ3) is 1.47. The van der Waals surface area contributed by atoms with Crippen molar-refractivity contribution in [3.63, 3.8) is 0 Å². The molecular weight excluding hydrogens is 173 g/mol. The lowest BCUT2D eigenvalue weighted by Crippen LogP contribution is -2.67. The zero-order valence-electron chi connectivity index (χ0n) is 6.94. The number of carbonyl (C=O) groups excluding carboxylic acids is 1. The van der Waals surface area contributed by atoms with Gasteiger partial charge in [0.25, 0.3) is 0 Å². The molecule has 0 saturated carbocycles. The van der Waals surface area contributed by atoms with E-state index in [4.69, 9.17) is 0 Å². The van der Waals surface area contributed by atoms with Gasteiger partial charge in [-0.15, -0.1) is 0 Å². The Bertz CT molecular complexity index is 177. The summed E-state index contributed by atoms with van der Waals surface area (Å²) < 4.78 is 2.23. The van der Waals surface area contributed by atoms with Crippen LogP contribution in [0.3, 0.4) is 0 Å². The van der Waals surface area contributed by atoms with Crippen molar-refractivity contribution in [3.05, 3.63) is 0 Å². The standard InChI is InChI=1S/C7H14N3OP/c11-5-8-6-1-9(2-6)7-3-10(12)4-7/h5-7H,1-4,12H2,(H,8,11). The first-order valence-electron chi connectivity index (χ1n) is 4.23. The first-order chi connectivity index (χ1) is 5.79. The monoisotopic (exact) mass is 187 g/mol. The molecule has 1 atom stereocenters. The van der Waals surface area contributed by atoms with Crippen LogP contribution in [0.2, 0.25) is 0 Å². The Kier molecular flexibility index (Phi) is 2.31. The van der Waals surface area contributed by atoms with E-state index < -0.39 is 0 Å². The number of nitrogens with zero attached hydrogens (tertiary/aromatic N) is 2. The van der Waals surface area contributed by atoms with Crippen molar-refractivity contribution in [2.75, 3.05) is 26.2 Å². The van der Waals surface area contributed by atoms with Crippen molar-refractivity contribution in [1.29, 1.82) is 0 Å². The second-order valence-electron chi connectivity index (χ2n) is 3.54. The topological polar surface area (TPSA) is 35.6 Å². The van der Waals surface area contributed by atoms with E-state index in [0.29, 0.717) is 6.04 Å². The lowest BCUT2D eigenvalue weighted by molar-refractivity contribution is -0.111. The highest BCUT2D eigenvalue weighted by atomic mass is 31.0. The van der Waals surface area contributed by atoms with E-state index in [1.165, 1.54) is 0 Å². The minimum Gasteiger partial charge on any atom is -0.353 e. The Morgan fingerprint density at radius 1 is 1.33 bits per heavy atom. The highest BCUT2D eigenvalue weighted by Crippen LogP contribution is 2.22. The van der Waals surface area contributed by atoms with E-state index in [2.05, 4.69) is 24.3 Å². The number of hydrogen-bond acceptors (Lipinski definition) is 3. The number of nitrogens with one attached hydrogen (secondary N) is 1. The quantitative estimate of drug-likeness (QED) is 0.449. The summed E-state index contributed by atoms with van der Waals surface area (Å²) in [5.74, 6) is 0. The molecule has 0 spiro atoms. The second-order valence-corrected chi connectivity index (χ2v) is 4.27. The van der Waals surface area contributed by atoms with Crippen molar-refractivity contribution in [1.82, 2.24) is 14.9 Å². The Morgan fingerprint density at radius 2 is 2.00 bits per heavy atom. The number of carbonyl (C=O) groups is 1. The van der Waals surface area contributed by atoms with E-state index in [0.717, 1.165) is 38.6 Å². The Morgan fingerprint density at radius 3 is 2.50 bits per heavy atom. The highest BCUT2D eigenvalue weighted by molar-refractivity contribution is 7.13. The molecule has 0 aromatic heterocycles. The average molecular weight is 187 g/mol. The smallest absolute Gasteiger partial charge is 0.207 e. The maximum atomic E-state index is 10.1. The number of hydrogen-bond donors (Lipinski definition) is 1. The average Bonchev–Trinajstić information content (AvgIpc) is 1.90. The van der Waals surface area contributed by atoms with Crippen LogP contribution in [0.4, 0.5) is 0 Å². The molecule has 2 aliphatic rings. The SMILES string of the molecule is O=CNC1CN(C2CN(P)C2)C1. The number of likely N-dealkylation sites (tertiary alicyclic amines) is 1. The molecule has 1 unspecified atom stereocenters. The van der Waals surface area contributed by atoms with E-state index in [-0.39, 0.29) is 0 Å². The Hall–Kier alpha value is -0.180. The van der Waals surface area contributed by atoms with Crippen molar-refractivity contribution in [2.45, 2.75) is 12.1 Å². The van der Waals surface area contributed by atoms with Crippen molar-refractivity contribution in [2.24, 2.45) is 0 Å². The van der Waals surface area contributed by atoms with E-state index >= 15 is 0 Å². The highest BCUT2D eigenvalue weighted by Gasteiger charge is 2.37. The van der Waals surface area contributed by atoms with Crippen LogP contribution in [0.15, 0.2) is 0 Å². The summed E-state index contributed by atoms with van der Waals surface area (Å²) in [6, 6.07) is 1.13.